The van der Waals surface area contributed by atoms with Gasteiger partial charge in [-0.05, 0) is 11.1 Å². The molecule has 0 spiro atoms. The van der Waals surface area contributed by atoms with Crippen LogP contribution in [0.2, 0.25) is 0 Å². The van der Waals surface area contributed by atoms with Crippen LogP contribution < -0.4 is 0 Å². The highest BCUT2D eigenvalue weighted by Gasteiger charge is 2.19. The second kappa shape index (κ2) is 8.61. The predicted octanol–water partition coefficient (Wildman–Crippen LogP) is 2.42. The maximum absolute atomic E-state index is 12.3. The van der Waals surface area contributed by atoms with Crippen LogP contribution in [0.25, 0.3) is 0 Å². The molecule has 0 aromatic heterocycles. The van der Waals surface area contributed by atoms with E-state index < -0.39 is 9.84 Å². The highest BCUT2D eigenvalue weighted by Crippen LogP contribution is 2.10. The van der Waals surface area contributed by atoms with Crippen molar-refractivity contribution in [1.82, 2.24) is 9.80 Å². The first-order valence-corrected chi connectivity index (χ1v) is 10.7. The van der Waals surface area contributed by atoms with Crippen LogP contribution in [0.4, 0.5) is 0 Å². The lowest BCUT2D eigenvalue weighted by atomic mass is 10.2. The molecule has 0 N–H and O–H groups in total. The Morgan fingerprint density at radius 3 is 1.84 bits per heavy atom. The zero-order chi connectivity index (χ0) is 17.5. The summed E-state index contributed by atoms with van der Waals surface area (Å²) in [6.07, 6.45) is 0. The monoisotopic (exact) mass is 358 g/mol. The van der Waals surface area contributed by atoms with E-state index in [4.69, 9.17) is 0 Å². The second-order valence-electron chi connectivity index (χ2n) is 6.68. The lowest BCUT2D eigenvalue weighted by Gasteiger charge is -2.34. The zero-order valence-corrected chi connectivity index (χ0v) is 15.4. The molecule has 3 rings (SSSR count). The van der Waals surface area contributed by atoms with E-state index >= 15 is 0 Å². The van der Waals surface area contributed by atoms with Crippen LogP contribution in [-0.2, 0) is 22.1 Å². The van der Waals surface area contributed by atoms with E-state index in [-0.39, 0.29) is 11.5 Å². The molecular formula is C20H26N2O2S. The molecule has 4 nitrogen and oxygen atoms in total. The lowest BCUT2D eigenvalue weighted by Crippen LogP contribution is -2.47. The maximum atomic E-state index is 12.3. The molecule has 1 saturated heterocycles. The van der Waals surface area contributed by atoms with E-state index in [1.165, 1.54) is 5.56 Å². The Hall–Kier alpha value is -1.69. The molecule has 0 aliphatic carbocycles. The molecule has 134 valence electrons. The van der Waals surface area contributed by atoms with Gasteiger partial charge in [-0.25, -0.2) is 8.42 Å². The van der Waals surface area contributed by atoms with Gasteiger partial charge in [-0.2, -0.15) is 0 Å². The Kier molecular flexibility index (Phi) is 6.24. The lowest BCUT2D eigenvalue weighted by molar-refractivity contribution is 0.132. The van der Waals surface area contributed by atoms with Gasteiger partial charge in [0, 0.05) is 39.3 Å². The van der Waals surface area contributed by atoms with Crippen LogP contribution in [0.1, 0.15) is 11.1 Å². The van der Waals surface area contributed by atoms with E-state index in [2.05, 4.69) is 34.1 Å². The topological polar surface area (TPSA) is 40.6 Å². The third-order valence-electron chi connectivity index (χ3n) is 4.66. The maximum Gasteiger partial charge on any atom is 0.155 e. The summed E-state index contributed by atoms with van der Waals surface area (Å²) in [5.41, 5.74) is 2.21. The van der Waals surface area contributed by atoms with Gasteiger partial charge in [0.15, 0.2) is 9.84 Å². The molecule has 5 heteroatoms. The van der Waals surface area contributed by atoms with E-state index in [0.717, 1.165) is 38.3 Å². The van der Waals surface area contributed by atoms with Gasteiger partial charge in [0.05, 0.1) is 11.5 Å². The first-order chi connectivity index (χ1) is 12.1. The average molecular weight is 359 g/mol. The summed E-state index contributed by atoms with van der Waals surface area (Å²) in [6, 6.07) is 19.9. The quantitative estimate of drug-likeness (QED) is 0.762. The Morgan fingerprint density at radius 1 is 0.720 bits per heavy atom. The van der Waals surface area contributed by atoms with E-state index in [9.17, 15) is 8.42 Å². The molecule has 2 aromatic rings. The van der Waals surface area contributed by atoms with E-state index in [1.54, 1.807) is 0 Å². The fraction of sp³-hybridized carbons (Fsp3) is 0.400. The molecule has 1 aliphatic rings. The summed E-state index contributed by atoms with van der Waals surface area (Å²) in [5, 5.41) is 0. The van der Waals surface area contributed by atoms with Crippen molar-refractivity contribution < 1.29 is 8.42 Å². The molecular weight excluding hydrogens is 332 g/mol. The second-order valence-corrected chi connectivity index (χ2v) is 8.87. The van der Waals surface area contributed by atoms with Gasteiger partial charge < -0.3 is 0 Å². The van der Waals surface area contributed by atoms with Gasteiger partial charge in [0.25, 0.3) is 0 Å². The summed E-state index contributed by atoms with van der Waals surface area (Å²) >= 11 is 0. The van der Waals surface area contributed by atoms with Crippen LogP contribution in [0, 0.1) is 0 Å². The third kappa shape index (κ3) is 5.96. The molecule has 0 amide bonds. The first kappa shape index (κ1) is 18.1. The fourth-order valence-electron chi connectivity index (χ4n) is 3.18. The summed E-state index contributed by atoms with van der Waals surface area (Å²) in [5.74, 6) is 0.377. The smallest absolute Gasteiger partial charge is 0.155 e. The van der Waals surface area contributed by atoms with Gasteiger partial charge in [-0.15, -0.1) is 0 Å². The van der Waals surface area contributed by atoms with Crippen LogP contribution in [0.3, 0.4) is 0 Å². The number of rotatable bonds is 7. The summed E-state index contributed by atoms with van der Waals surface area (Å²) in [7, 11) is -3.05. The van der Waals surface area contributed by atoms with Gasteiger partial charge in [0.1, 0.15) is 0 Å². The van der Waals surface area contributed by atoms with Gasteiger partial charge >= 0.3 is 0 Å². The highest BCUT2D eigenvalue weighted by molar-refractivity contribution is 7.90. The van der Waals surface area contributed by atoms with Crippen LogP contribution >= 0.6 is 0 Å². The molecule has 0 saturated carbocycles. The van der Waals surface area contributed by atoms with Crippen molar-refractivity contribution in [2.75, 3.05) is 38.5 Å². The Balaban J connectivity index is 1.41. The molecule has 25 heavy (non-hydrogen) atoms. The number of benzene rings is 2. The standard InChI is InChI=1S/C20H26N2O2S/c23-25(24,18-20-9-5-2-6-10-20)16-15-21-11-13-22(14-12-21)17-19-7-3-1-4-8-19/h1-10H,11-18H2. The van der Waals surface area contributed by atoms with Gasteiger partial charge in [-0.1, -0.05) is 60.7 Å². The predicted molar refractivity (Wildman–Crippen MR) is 102 cm³/mol. The minimum atomic E-state index is -3.05. The largest absolute Gasteiger partial charge is 0.300 e. The minimum absolute atomic E-state index is 0.141. The number of hydrogen-bond donors (Lipinski definition) is 0. The molecule has 2 aromatic carbocycles. The first-order valence-electron chi connectivity index (χ1n) is 8.84. The molecule has 1 fully saturated rings. The fourth-order valence-corrected chi connectivity index (χ4v) is 4.56. The number of hydrogen-bond acceptors (Lipinski definition) is 4. The number of piperazine rings is 1. The summed E-state index contributed by atoms with van der Waals surface area (Å²) in [4.78, 5) is 4.70. The average Bonchev–Trinajstić information content (AvgIpc) is 2.63. The number of sulfone groups is 1. The van der Waals surface area contributed by atoms with Crippen molar-refractivity contribution in [2.24, 2.45) is 0 Å². The van der Waals surface area contributed by atoms with E-state index in [0.29, 0.717) is 6.54 Å². The van der Waals surface area contributed by atoms with Crippen molar-refractivity contribution in [2.45, 2.75) is 12.3 Å². The van der Waals surface area contributed by atoms with Crippen molar-refractivity contribution in [3.05, 3.63) is 71.8 Å². The van der Waals surface area contributed by atoms with Crippen LogP contribution in [0.15, 0.2) is 60.7 Å². The van der Waals surface area contributed by atoms with Crippen LogP contribution in [0.5, 0.6) is 0 Å². The summed E-state index contributed by atoms with van der Waals surface area (Å²) in [6.45, 7) is 5.47. The van der Waals surface area contributed by atoms with Crippen molar-refractivity contribution >= 4 is 9.84 Å². The highest BCUT2D eigenvalue weighted by atomic mass is 32.2. The van der Waals surface area contributed by atoms with Crippen molar-refractivity contribution in [3.63, 3.8) is 0 Å². The van der Waals surface area contributed by atoms with E-state index in [1.807, 2.05) is 36.4 Å². The Bertz CT molecular complexity index is 740. The third-order valence-corrected chi connectivity index (χ3v) is 6.24. The molecule has 0 bridgehead atoms. The molecule has 0 unspecified atom stereocenters. The molecule has 1 aliphatic heterocycles. The number of nitrogens with zero attached hydrogens (tertiary/aromatic N) is 2. The normalized spacial score (nSPS) is 16.8. The minimum Gasteiger partial charge on any atom is -0.300 e. The molecule has 0 radical (unpaired) electrons. The van der Waals surface area contributed by atoms with Gasteiger partial charge in [-0.3, -0.25) is 9.80 Å². The molecule has 0 atom stereocenters. The van der Waals surface area contributed by atoms with Gasteiger partial charge in [0.2, 0.25) is 0 Å². The summed E-state index contributed by atoms with van der Waals surface area (Å²) < 4.78 is 24.6. The SMILES string of the molecule is O=S(=O)(CCN1CCN(Cc2ccccc2)CC1)Cc1ccccc1. The zero-order valence-electron chi connectivity index (χ0n) is 14.5. The van der Waals surface area contributed by atoms with Crippen LogP contribution in [-0.4, -0.2) is 56.7 Å². The Labute approximate surface area is 151 Å². The van der Waals surface area contributed by atoms with Crippen molar-refractivity contribution in [3.8, 4) is 0 Å². The molecule has 1 heterocycles. The van der Waals surface area contributed by atoms with Crippen molar-refractivity contribution in [1.29, 1.82) is 0 Å². The Morgan fingerprint density at radius 2 is 1.24 bits per heavy atom.